The first-order chi connectivity index (χ1) is 7.08. The Balaban J connectivity index is 2.21. The molecule has 1 aromatic heterocycles. The van der Waals surface area contributed by atoms with Gasteiger partial charge in [0.2, 0.25) is 0 Å². The molecule has 0 amide bonds. The number of alkyl halides is 1. The van der Waals surface area contributed by atoms with Crippen LogP contribution in [0.25, 0.3) is 0 Å². The van der Waals surface area contributed by atoms with E-state index in [0.717, 1.165) is 35.7 Å². The summed E-state index contributed by atoms with van der Waals surface area (Å²) in [6.45, 7) is 1.93. The van der Waals surface area contributed by atoms with Crippen molar-refractivity contribution in [3.63, 3.8) is 0 Å². The zero-order chi connectivity index (χ0) is 11.0. The maximum absolute atomic E-state index is 6.19. The van der Waals surface area contributed by atoms with Crippen molar-refractivity contribution in [2.75, 3.05) is 0 Å². The third-order valence-corrected chi connectivity index (χ3v) is 3.65. The van der Waals surface area contributed by atoms with E-state index in [1.165, 1.54) is 5.57 Å². The van der Waals surface area contributed by atoms with Crippen molar-refractivity contribution in [3.8, 4) is 0 Å². The molecule has 0 saturated heterocycles. The number of hydrogen-bond donors (Lipinski definition) is 0. The highest BCUT2D eigenvalue weighted by Crippen LogP contribution is 2.28. The molecular formula is C11H14Cl2N2. The Morgan fingerprint density at radius 3 is 2.80 bits per heavy atom. The number of halogens is 2. The van der Waals surface area contributed by atoms with Crippen molar-refractivity contribution in [3.05, 3.63) is 28.1 Å². The maximum atomic E-state index is 6.19. The number of allylic oxidation sites excluding steroid dienone is 2. The van der Waals surface area contributed by atoms with Gasteiger partial charge in [0.15, 0.2) is 0 Å². The Morgan fingerprint density at radius 2 is 2.33 bits per heavy atom. The maximum Gasteiger partial charge on any atom is 0.0850 e. The highest BCUT2D eigenvalue weighted by molar-refractivity contribution is 6.31. The summed E-state index contributed by atoms with van der Waals surface area (Å²) < 4.78 is 1.86. The molecule has 0 N–H and O–H groups in total. The average molecular weight is 245 g/mol. The van der Waals surface area contributed by atoms with Crippen LogP contribution >= 0.6 is 23.2 Å². The lowest BCUT2D eigenvalue weighted by atomic mass is 10.1. The van der Waals surface area contributed by atoms with Gasteiger partial charge in [0, 0.05) is 13.5 Å². The fraction of sp³-hybridized carbons (Fsp3) is 0.545. The molecule has 1 heterocycles. The quantitative estimate of drug-likeness (QED) is 0.577. The standard InChI is InChI=1S/C11H14Cl2N2/c1-7-11(13)10(15(2)14-7)6-8-3-4-9(12)5-8/h5,9H,3-4,6H2,1-2H3. The molecule has 0 aromatic carbocycles. The van der Waals surface area contributed by atoms with E-state index >= 15 is 0 Å². The van der Waals surface area contributed by atoms with Gasteiger partial charge in [-0.25, -0.2) is 0 Å². The molecule has 1 aliphatic rings. The molecule has 1 aromatic rings. The third-order valence-electron chi connectivity index (χ3n) is 2.81. The van der Waals surface area contributed by atoms with Crippen molar-refractivity contribution in [2.45, 2.75) is 31.6 Å². The predicted octanol–water partition coefficient (Wildman–Crippen LogP) is 3.25. The average Bonchev–Trinajstić information content (AvgIpc) is 2.67. The summed E-state index contributed by atoms with van der Waals surface area (Å²) in [7, 11) is 1.93. The van der Waals surface area contributed by atoms with Crippen LogP contribution in [0.2, 0.25) is 5.02 Å². The summed E-state index contributed by atoms with van der Waals surface area (Å²) in [6.07, 6.45) is 5.14. The molecule has 2 rings (SSSR count). The van der Waals surface area contributed by atoms with Crippen molar-refractivity contribution >= 4 is 23.2 Å². The molecule has 0 bridgehead atoms. The molecule has 0 aliphatic heterocycles. The minimum absolute atomic E-state index is 0.202. The van der Waals surface area contributed by atoms with Crippen molar-refractivity contribution < 1.29 is 0 Å². The number of rotatable bonds is 2. The minimum atomic E-state index is 0.202. The molecule has 1 unspecified atom stereocenters. The largest absolute Gasteiger partial charge is 0.271 e. The molecule has 82 valence electrons. The lowest BCUT2D eigenvalue weighted by Gasteiger charge is -2.03. The second kappa shape index (κ2) is 4.18. The van der Waals surface area contributed by atoms with E-state index in [4.69, 9.17) is 23.2 Å². The van der Waals surface area contributed by atoms with Gasteiger partial charge in [-0.05, 0) is 19.8 Å². The Kier molecular flexibility index (Phi) is 3.08. The summed E-state index contributed by atoms with van der Waals surface area (Å²) in [5.41, 5.74) is 3.36. The Morgan fingerprint density at radius 1 is 1.60 bits per heavy atom. The summed E-state index contributed by atoms with van der Waals surface area (Å²) in [6, 6.07) is 0. The predicted molar refractivity (Wildman–Crippen MR) is 63.6 cm³/mol. The van der Waals surface area contributed by atoms with Crippen molar-refractivity contribution in [2.24, 2.45) is 7.05 Å². The molecule has 15 heavy (non-hydrogen) atoms. The number of nitrogens with zero attached hydrogens (tertiary/aromatic N) is 2. The normalized spacial score (nSPS) is 20.8. The van der Waals surface area contributed by atoms with Crippen LogP contribution in [0.5, 0.6) is 0 Å². The van der Waals surface area contributed by atoms with Crippen LogP contribution in [0.15, 0.2) is 11.6 Å². The van der Waals surface area contributed by atoms with Crippen LogP contribution in [0, 0.1) is 6.92 Å². The second-order valence-electron chi connectivity index (χ2n) is 4.03. The van der Waals surface area contributed by atoms with E-state index in [-0.39, 0.29) is 5.38 Å². The Labute approximate surface area is 99.9 Å². The fourth-order valence-corrected chi connectivity index (χ4v) is 2.49. The van der Waals surface area contributed by atoms with E-state index < -0.39 is 0 Å². The molecule has 1 aliphatic carbocycles. The number of aromatic nitrogens is 2. The van der Waals surface area contributed by atoms with E-state index in [0.29, 0.717) is 0 Å². The van der Waals surface area contributed by atoms with Gasteiger partial charge in [0.25, 0.3) is 0 Å². The van der Waals surface area contributed by atoms with Crippen LogP contribution < -0.4 is 0 Å². The summed E-state index contributed by atoms with van der Waals surface area (Å²) in [5, 5.41) is 5.29. The fourth-order valence-electron chi connectivity index (χ4n) is 1.98. The van der Waals surface area contributed by atoms with Crippen LogP contribution in [-0.4, -0.2) is 15.2 Å². The minimum Gasteiger partial charge on any atom is -0.271 e. The van der Waals surface area contributed by atoms with Gasteiger partial charge in [-0.2, -0.15) is 5.10 Å². The van der Waals surface area contributed by atoms with Crippen LogP contribution in [0.1, 0.15) is 24.2 Å². The Hall–Kier alpha value is -0.470. The van der Waals surface area contributed by atoms with Gasteiger partial charge < -0.3 is 0 Å². The molecular weight excluding hydrogens is 231 g/mol. The number of hydrogen-bond acceptors (Lipinski definition) is 1. The molecule has 0 saturated carbocycles. The monoisotopic (exact) mass is 244 g/mol. The van der Waals surface area contributed by atoms with E-state index in [2.05, 4.69) is 11.2 Å². The topological polar surface area (TPSA) is 17.8 Å². The molecule has 0 radical (unpaired) electrons. The van der Waals surface area contributed by atoms with E-state index in [1.54, 1.807) is 0 Å². The SMILES string of the molecule is Cc1nn(C)c(CC2=CC(Cl)CC2)c1Cl. The molecule has 2 nitrogen and oxygen atoms in total. The zero-order valence-corrected chi connectivity index (χ0v) is 10.4. The van der Waals surface area contributed by atoms with Gasteiger partial charge >= 0.3 is 0 Å². The molecule has 1 atom stereocenters. The van der Waals surface area contributed by atoms with Crippen LogP contribution in [-0.2, 0) is 13.5 Å². The smallest absolute Gasteiger partial charge is 0.0850 e. The summed E-state index contributed by atoms with van der Waals surface area (Å²) in [4.78, 5) is 0. The number of aryl methyl sites for hydroxylation is 2. The van der Waals surface area contributed by atoms with Crippen LogP contribution in [0.4, 0.5) is 0 Å². The second-order valence-corrected chi connectivity index (χ2v) is 4.96. The van der Waals surface area contributed by atoms with E-state index in [9.17, 15) is 0 Å². The lowest BCUT2D eigenvalue weighted by molar-refractivity contribution is 0.710. The first kappa shape index (κ1) is 11.0. The van der Waals surface area contributed by atoms with Gasteiger partial charge in [0.05, 0.1) is 21.8 Å². The van der Waals surface area contributed by atoms with Crippen molar-refractivity contribution in [1.29, 1.82) is 0 Å². The molecule has 0 spiro atoms. The van der Waals surface area contributed by atoms with Crippen LogP contribution in [0.3, 0.4) is 0 Å². The highest BCUT2D eigenvalue weighted by atomic mass is 35.5. The van der Waals surface area contributed by atoms with Gasteiger partial charge in [-0.3, -0.25) is 4.68 Å². The molecule has 4 heteroatoms. The van der Waals surface area contributed by atoms with Gasteiger partial charge in [-0.1, -0.05) is 23.3 Å². The van der Waals surface area contributed by atoms with Crippen molar-refractivity contribution in [1.82, 2.24) is 9.78 Å². The summed E-state index contributed by atoms with van der Waals surface area (Å²) >= 11 is 12.2. The van der Waals surface area contributed by atoms with E-state index in [1.807, 2.05) is 18.7 Å². The lowest BCUT2D eigenvalue weighted by Crippen LogP contribution is -1.99. The Bertz CT molecular complexity index is 407. The van der Waals surface area contributed by atoms with Gasteiger partial charge in [-0.15, -0.1) is 11.6 Å². The molecule has 0 fully saturated rings. The first-order valence-corrected chi connectivity index (χ1v) is 5.91. The first-order valence-electron chi connectivity index (χ1n) is 5.09. The highest BCUT2D eigenvalue weighted by Gasteiger charge is 2.17. The zero-order valence-electron chi connectivity index (χ0n) is 8.93. The third kappa shape index (κ3) is 2.21. The van der Waals surface area contributed by atoms with Gasteiger partial charge in [0.1, 0.15) is 0 Å². The summed E-state index contributed by atoms with van der Waals surface area (Å²) in [5.74, 6) is 0.